The molecule has 1 heterocycles. The van der Waals surface area contributed by atoms with Gasteiger partial charge in [0, 0.05) is 17.1 Å². The zero-order valence-electron chi connectivity index (χ0n) is 9.70. The number of halogens is 1. The lowest BCUT2D eigenvalue weighted by molar-refractivity contribution is 0.253. The standard InChI is InChI=1S/C13H19BrN2/c1-10(12-4-2-3-5-13(12)14)16-7-6-11(8-15)9-16/h2-5,10-11H,6-9,15H2,1H3. The summed E-state index contributed by atoms with van der Waals surface area (Å²) in [5, 5.41) is 0. The fourth-order valence-corrected chi connectivity index (χ4v) is 3.03. The van der Waals surface area contributed by atoms with Gasteiger partial charge in [0.05, 0.1) is 0 Å². The second-order valence-electron chi connectivity index (χ2n) is 4.58. The average Bonchev–Trinajstić information content (AvgIpc) is 2.77. The van der Waals surface area contributed by atoms with Crippen molar-refractivity contribution in [1.29, 1.82) is 0 Å². The fourth-order valence-electron chi connectivity index (χ4n) is 2.42. The van der Waals surface area contributed by atoms with E-state index in [1.807, 2.05) is 0 Å². The minimum atomic E-state index is 0.479. The maximum atomic E-state index is 5.73. The molecule has 0 spiro atoms. The molecular weight excluding hydrogens is 264 g/mol. The molecule has 2 atom stereocenters. The average molecular weight is 283 g/mol. The van der Waals surface area contributed by atoms with E-state index in [4.69, 9.17) is 5.73 Å². The van der Waals surface area contributed by atoms with E-state index in [2.05, 4.69) is 52.0 Å². The van der Waals surface area contributed by atoms with Crippen molar-refractivity contribution in [2.24, 2.45) is 11.7 Å². The quantitative estimate of drug-likeness (QED) is 0.924. The first-order valence-electron chi connectivity index (χ1n) is 5.91. The van der Waals surface area contributed by atoms with Gasteiger partial charge in [-0.25, -0.2) is 0 Å². The van der Waals surface area contributed by atoms with Crippen LogP contribution in [0.15, 0.2) is 28.7 Å². The van der Waals surface area contributed by atoms with Gasteiger partial charge in [-0.1, -0.05) is 34.1 Å². The highest BCUT2D eigenvalue weighted by Gasteiger charge is 2.26. The highest BCUT2D eigenvalue weighted by atomic mass is 79.9. The molecule has 2 rings (SSSR count). The molecule has 2 nitrogen and oxygen atoms in total. The van der Waals surface area contributed by atoms with Gasteiger partial charge in [0.15, 0.2) is 0 Å². The van der Waals surface area contributed by atoms with E-state index < -0.39 is 0 Å². The molecule has 0 aliphatic carbocycles. The maximum absolute atomic E-state index is 5.73. The fraction of sp³-hybridized carbons (Fsp3) is 0.538. The summed E-state index contributed by atoms with van der Waals surface area (Å²) in [5.74, 6) is 0.685. The summed E-state index contributed by atoms with van der Waals surface area (Å²) in [6, 6.07) is 8.96. The molecule has 88 valence electrons. The van der Waals surface area contributed by atoms with E-state index in [1.165, 1.54) is 23.0 Å². The van der Waals surface area contributed by atoms with Gasteiger partial charge in [-0.15, -0.1) is 0 Å². The second kappa shape index (κ2) is 5.30. The van der Waals surface area contributed by atoms with Crippen LogP contribution in [0.2, 0.25) is 0 Å². The van der Waals surface area contributed by atoms with E-state index in [1.54, 1.807) is 0 Å². The minimum absolute atomic E-state index is 0.479. The van der Waals surface area contributed by atoms with Crippen molar-refractivity contribution in [2.75, 3.05) is 19.6 Å². The molecule has 1 aromatic rings. The molecule has 3 heteroatoms. The highest BCUT2D eigenvalue weighted by Crippen LogP contribution is 2.31. The number of hydrogen-bond donors (Lipinski definition) is 1. The van der Waals surface area contributed by atoms with Crippen LogP contribution in [0.5, 0.6) is 0 Å². The number of nitrogens with two attached hydrogens (primary N) is 1. The highest BCUT2D eigenvalue weighted by molar-refractivity contribution is 9.10. The van der Waals surface area contributed by atoms with Crippen molar-refractivity contribution in [1.82, 2.24) is 4.90 Å². The van der Waals surface area contributed by atoms with Gasteiger partial charge >= 0.3 is 0 Å². The third-order valence-electron chi connectivity index (χ3n) is 3.55. The summed E-state index contributed by atoms with van der Waals surface area (Å²) in [6.45, 7) is 5.40. The molecule has 0 radical (unpaired) electrons. The van der Waals surface area contributed by atoms with Crippen molar-refractivity contribution in [2.45, 2.75) is 19.4 Å². The van der Waals surface area contributed by atoms with Crippen molar-refractivity contribution < 1.29 is 0 Å². The van der Waals surface area contributed by atoms with Crippen molar-refractivity contribution >= 4 is 15.9 Å². The van der Waals surface area contributed by atoms with Crippen LogP contribution in [-0.4, -0.2) is 24.5 Å². The lowest BCUT2D eigenvalue weighted by Crippen LogP contribution is -2.26. The molecule has 16 heavy (non-hydrogen) atoms. The van der Waals surface area contributed by atoms with E-state index in [-0.39, 0.29) is 0 Å². The van der Waals surface area contributed by atoms with Gasteiger partial charge in [0.25, 0.3) is 0 Å². The van der Waals surface area contributed by atoms with Gasteiger partial charge in [0.2, 0.25) is 0 Å². The third-order valence-corrected chi connectivity index (χ3v) is 4.28. The first-order valence-corrected chi connectivity index (χ1v) is 6.70. The van der Waals surface area contributed by atoms with Crippen molar-refractivity contribution in [3.05, 3.63) is 34.3 Å². The van der Waals surface area contributed by atoms with Crippen LogP contribution < -0.4 is 5.73 Å². The summed E-state index contributed by atoms with van der Waals surface area (Å²) in [7, 11) is 0. The molecule has 2 unspecified atom stereocenters. The number of likely N-dealkylation sites (tertiary alicyclic amines) is 1. The zero-order valence-corrected chi connectivity index (χ0v) is 11.3. The van der Waals surface area contributed by atoms with Crippen LogP contribution >= 0.6 is 15.9 Å². The topological polar surface area (TPSA) is 29.3 Å². The Hall–Kier alpha value is -0.380. The number of nitrogens with zero attached hydrogens (tertiary/aromatic N) is 1. The van der Waals surface area contributed by atoms with E-state index in [0.29, 0.717) is 12.0 Å². The molecule has 1 fully saturated rings. The Morgan fingerprint density at radius 1 is 1.50 bits per heavy atom. The van der Waals surface area contributed by atoms with E-state index in [0.717, 1.165) is 13.1 Å². The van der Waals surface area contributed by atoms with Crippen molar-refractivity contribution in [3.63, 3.8) is 0 Å². The summed E-state index contributed by atoms with van der Waals surface area (Å²) in [4.78, 5) is 2.53. The van der Waals surface area contributed by atoms with Crippen LogP contribution in [-0.2, 0) is 0 Å². The van der Waals surface area contributed by atoms with E-state index >= 15 is 0 Å². The Morgan fingerprint density at radius 3 is 2.88 bits per heavy atom. The van der Waals surface area contributed by atoms with Gasteiger partial charge in [-0.05, 0) is 44.0 Å². The normalized spacial score (nSPS) is 23.6. The van der Waals surface area contributed by atoms with Crippen LogP contribution in [0.4, 0.5) is 0 Å². The molecule has 1 aromatic carbocycles. The van der Waals surface area contributed by atoms with Gasteiger partial charge in [-0.3, -0.25) is 4.90 Å². The maximum Gasteiger partial charge on any atom is 0.0331 e. The Bertz CT molecular complexity index is 354. The predicted molar refractivity (Wildman–Crippen MR) is 71.3 cm³/mol. The Labute approximate surface area is 106 Å². The molecule has 0 amide bonds. The lowest BCUT2D eigenvalue weighted by atomic mass is 10.1. The largest absolute Gasteiger partial charge is 0.330 e. The first-order chi connectivity index (χ1) is 7.72. The van der Waals surface area contributed by atoms with Gasteiger partial charge in [-0.2, -0.15) is 0 Å². The smallest absolute Gasteiger partial charge is 0.0331 e. The third kappa shape index (κ3) is 2.47. The molecule has 1 saturated heterocycles. The molecule has 0 bridgehead atoms. The summed E-state index contributed by atoms with van der Waals surface area (Å²) >= 11 is 3.62. The Morgan fingerprint density at radius 2 is 2.25 bits per heavy atom. The number of rotatable bonds is 3. The predicted octanol–water partition coefficient (Wildman–Crippen LogP) is 2.79. The van der Waals surface area contributed by atoms with Gasteiger partial charge in [0.1, 0.15) is 0 Å². The molecule has 1 aliphatic heterocycles. The first kappa shape index (κ1) is 12.1. The zero-order chi connectivity index (χ0) is 11.5. The van der Waals surface area contributed by atoms with Crippen LogP contribution in [0, 0.1) is 5.92 Å². The summed E-state index contributed by atoms with van der Waals surface area (Å²) in [5.41, 5.74) is 7.10. The van der Waals surface area contributed by atoms with Crippen LogP contribution in [0.1, 0.15) is 24.9 Å². The Kier molecular flexibility index (Phi) is 4.00. The van der Waals surface area contributed by atoms with Crippen LogP contribution in [0.3, 0.4) is 0 Å². The SMILES string of the molecule is CC(c1ccccc1Br)N1CCC(CN)C1. The molecule has 1 aliphatic rings. The van der Waals surface area contributed by atoms with Gasteiger partial charge < -0.3 is 5.73 Å². The minimum Gasteiger partial charge on any atom is -0.330 e. The molecule has 0 aromatic heterocycles. The van der Waals surface area contributed by atoms with E-state index in [9.17, 15) is 0 Å². The van der Waals surface area contributed by atoms with Crippen LogP contribution in [0.25, 0.3) is 0 Å². The molecule has 0 saturated carbocycles. The van der Waals surface area contributed by atoms with Crippen molar-refractivity contribution in [3.8, 4) is 0 Å². The second-order valence-corrected chi connectivity index (χ2v) is 5.44. The summed E-state index contributed by atoms with van der Waals surface area (Å²) in [6.07, 6.45) is 1.24. The number of benzene rings is 1. The molecular formula is C13H19BrN2. The summed E-state index contributed by atoms with van der Waals surface area (Å²) < 4.78 is 1.21. The Balaban J connectivity index is 2.08. The number of hydrogen-bond acceptors (Lipinski definition) is 2. The lowest BCUT2D eigenvalue weighted by Gasteiger charge is -2.25. The molecule has 2 N–H and O–H groups in total. The monoisotopic (exact) mass is 282 g/mol.